The van der Waals surface area contributed by atoms with Crippen LogP contribution in [0, 0.1) is 0 Å². The summed E-state index contributed by atoms with van der Waals surface area (Å²) in [6, 6.07) is 5.69. The van der Waals surface area contributed by atoms with Gasteiger partial charge in [-0.3, -0.25) is 9.59 Å². The summed E-state index contributed by atoms with van der Waals surface area (Å²) in [6.07, 6.45) is 1.30. The number of amides is 1. The van der Waals surface area contributed by atoms with E-state index in [1.807, 2.05) is 25.1 Å². The molecule has 0 N–H and O–H groups in total. The molecule has 1 rings (SSSR count). The normalized spacial score (nSPS) is 10.2. The zero-order valence-electron chi connectivity index (χ0n) is 15.0. The smallest absolute Gasteiger partial charge is 0.307 e. The second-order valence-corrected chi connectivity index (χ2v) is 5.23. The topological polar surface area (TPSA) is 65.1 Å². The van der Waals surface area contributed by atoms with Crippen molar-refractivity contribution in [1.82, 2.24) is 4.90 Å². The molecule has 0 aliphatic heterocycles. The number of carbonyl (C=O) groups excluding carboxylic acids is 2. The van der Waals surface area contributed by atoms with Crippen molar-refractivity contribution >= 4 is 11.9 Å². The number of esters is 1. The predicted octanol–water partition coefficient (Wildman–Crippen LogP) is 2.44. The molecule has 0 unspecified atom stereocenters. The first kappa shape index (κ1) is 19.8. The zero-order chi connectivity index (χ0) is 17.9. The third kappa shape index (κ3) is 6.10. The summed E-state index contributed by atoms with van der Waals surface area (Å²) in [5.74, 6) is 1.08. The van der Waals surface area contributed by atoms with Gasteiger partial charge < -0.3 is 19.1 Å². The average molecular weight is 337 g/mol. The Labute approximate surface area is 143 Å². The number of carbonyl (C=O) groups is 2. The van der Waals surface area contributed by atoms with Crippen molar-refractivity contribution in [2.45, 2.75) is 33.1 Å². The van der Waals surface area contributed by atoms with Gasteiger partial charge >= 0.3 is 5.97 Å². The Hall–Kier alpha value is -2.24. The SMILES string of the molecule is CCOC(=O)CCN(CCc1ccc(OC)c(OC)c1)C(=O)CC. The number of methoxy groups -OCH3 is 2. The van der Waals surface area contributed by atoms with Gasteiger partial charge in [0.05, 0.1) is 27.2 Å². The largest absolute Gasteiger partial charge is 0.493 e. The maximum absolute atomic E-state index is 12.1. The highest BCUT2D eigenvalue weighted by Crippen LogP contribution is 2.27. The number of benzene rings is 1. The second-order valence-electron chi connectivity index (χ2n) is 5.23. The third-order valence-electron chi connectivity index (χ3n) is 3.66. The Balaban J connectivity index is 2.67. The molecular weight excluding hydrogens is 310 g/mol. The van der Waals surface area contributed by atoms with Crippen molar-refractivity contribution in [2.24, 2.45) is 0 Å². The highest BCUT2D eigenvalue weighted by Gasteiger charge is 2.14. The average Bonchev–Trinajstić information content (AvgIpc) is 2.61. The van der Waals surface area contributed by atoms with Gasteiger partial charge in [0.2, 0.25) is 5.91 Å². The van der Waals surface area contributed by atoms with Gasteiger partial charge in [0.1, 0.15) is 0 Å². The fourth-order valence-corrected chi connectivity index (χ4v) is 2.34. The van der Waals surface area contributed by atoms with Crippen LogP contribution in [0.15, 0.2) is 18.2 Å². The van der Waals surface area contributed by atoms with Gasteiger partial charge in [-0.1, -0.05) is 13.0 Å². The molecule has 1 aromatic carbocycles. The van der Waals surface area contributed by atoms with E-state index < -0.39 is 0 Å². The van der Waals surface area contributed by atoms with Crippen LogP contribution in [0.25, 0.3) is 0 Å². The molecule has 1 aromatic rings. The summed E-state index contributed by atoms with van der Waals surface area (Å²) < 4.78 is 15.4. The predicted molar refractivity (Wildman–Crippen MR) is 91.4 cm³/mol. The van der Waals surface area contributed by atoms with Gasteiger partial charge in [-0.05, 0) is 31.0 Å². The van der Waals surface area contributed by atoms with E-state index >= 15 is 0 Å². The minimum Gasteiger partial charge on any atom is -0.493 e. The molecule has 0 radical (unpaired) electrons. The molecule has 0 aliphatic rings. The molecule has 1 amide bonds. The fourth-order valence-electron chi connectivity index (χ4n) is 2.34. The number of rotatable bonds is 10. The zero-order valence-corrected chi connectivity index (χ0v) is 15.0. The van der Waals surface area contributed by atoms with Crippen molar-refractivity contribution in [1.29, 1.82) is 0 Å². The van der Waals surface area contributed by atoms with E-state index in [1.165, 1.54) is 0 Å². The van der Waals surface area contributed by atoms with Crippen LogP contribution < -0.4 is 9.47 Å². The van der Waals surface area contributed by atoms with Crippen LogP contribution in [-0.2, 0) is 20.7 Å². The maximum atomic E-state index is 12.1. The van der Waals surface area contributed by atoms with Gasteiger partial charge in [0, 0.05) is 19.5 Å². The van der Waals surface area contributed by atoms with Crippen molar-refractivity contribution in [3.63, 3.8) is 0 Å². The number of nitrogens with zero attached hydrogens (tertiary/aromatic N) is 1. The van der Waals surface area contributed by atoms with Gasteiger partial charge in [0.25, 0.3) is 0 Å². The van der Waals surface area contributed by atoms with Gasteiger partial charge in [-0.15, -0.1) is 0 Å². The highest BCUT2D eigenvalue weighted by molar-refractivity contribution is 5.77. The molecule has 134 valence electrons. The van der Waals surface area contributed by atoms with E-state index in [9.17, 15) is 9.59 Å². The lowest BCUT2D eigenvalue weighted by Crippen LogP contribution is -2.34. The van der Waals surface area contributed by atoms with E-state index in [0.29, 0.717) is 44.0 Å². The summed E-state index contributed by atoms with van der Waals surface area (Å²) in [4.78, 5) is 25.3. The first-order valence-corrected chi connectivity index (χ1v) is 8.19. The third-order valence-corrected chi connectivity index (χ3v) is 3.66. The molecule has 6 nitrogen and oxygen atoms in total. The summed E-state index contributed by atoms with van der Waals surface area (Å²) in [7, 11) is 3.18. The summed E-state index contributed by atoms with van der Waals surface area (Å²) in [6.45, 7) is 4.85. The van der Waals surface area contributed by atoms with Crippen LogP contribution in [0.1, 0.15) is 32.3 Å². The number of hydrogen-bond donors (Lipinski definition) is 0. The van der Waals surface area contributed by atoms with Crippen LogP contribution in [0.2, 0.25) is 0 Å². The Kier molecular flexibility index (Phi) is 8.68. The minimum absolute atomic E-state index is 0.0276. The van der Waals surface area contributed by atoms with E-state index in [-0.39, 0.29) is 18.3 Å². The molecule has 0 aromatic heterocycles. The molecule has 24 heavy (non-hydrogen) atoms. The first-order valence-electron chi connectivity index (χ1n) is 8.19. The molecule has 0 aliphatic carbocycles. The lowest BCUT2D eigenvalue weighted by molar-refractivity contribution is -0.144. The molecule has 0 heterocycles. The van der Waals surface area contributed by atoms with Crippen LogP contribution >= 0.6 is 0 Å². The highest BCUT2D eigenvalue weighted by atomic mass is 16.5. The van der Waals surface area contributed by atoms with Crippen LogP contribution in [0.4, 0.5) is 0 Å². The lowest BCUT2D eigenvalue weighted by Gasteiger charge is -2.22. The van der Waals surface area contributed by atoms with E-state index in [0.717, 1.165) is 5.56 Å². The molecule has 0 bridgehead atoms. The molecule has 0 fully saturated rings. The van der Waals surface area contributed by atoms with Crippen LogP contribution in [0.5, 0.6) is 11.5 Å². The number of hydrogen-bond acceptors (Lipinski definition) is 5. The Morgan fingerprint density at radius 2 is 1.75 bits per heavy atom. The summed E-state index contributed by atoms with van der Waals surface area (Å²) in [5.41, 5.74) is 1.04. The molecule has 0 atom stereocenters. The van der Waals surface area contributed by atoms with E-state index in [1.54, 1.807) is 26.0 Å². The second kappa shape index (κ2) is 10.5. The quantitative estimate of drug-likeness (QED) is 0.614. The molecular formula is C18H27NO5. The van der Waals surface area contributed by atoms with Crippen molar-refractivity contribution < 1.29 is 23.8 Å². The van der Waals surface area contributed by atoms with Gasteiger partial charge in [0.15, 0.2) is 11.5 Å². The molecule has 0 saturated carbocycles. The monoisotopic (exact) mass is 337 g/mol. The number of ether oxygens (including phenoxy) is 3. The van der Waals surface area contributed by atoms with E-state index in [4.69, 9.17) is 14.2 Å². The van der Waals surface area contributed by atoms with Gasteiger partial charge in [-0.25, -0.2) is 0 Å². The van der Waals surface area contributed by atoms with E-state index in [2.05, 4.69) is 0 Å². The minimum atomic E-state index is -0.280. The lowest BCUT2D eigenvalue weighted by atomic mass is 10.1. The van der Waals surface area contributed by atoms with Crippen LogP contribution in [0.3, 0.4) is 0 Å². The first-order chi connectivity index (χ1) is 11.5. The Morgan fingerprint density at radius 1 is 1.04 bits per heavy atom. The summed E-state index contributed by atoms with van der Waals surface area (Å²) >= 11 is 0. The Morgan fingerprint density at radius 3 is 2.33 bits per heavy atom. The standard InChI is InChI=1S/C18H27NO5/c1-5-17(20)19(12-10-18(21)24-6-2)11-9-14-7-8-15(22-3)16(13-14)23-4/h7-8,13H,5-6,9-12H2,1-4H3. The van der Waals surface area contributed by atoms with Crippen LogP contribution in [-0.4, -0.2) is 50.7 Å². The molecule has 6 heteroatoms. The summed E-state index contributed by atoms with van der Waals surface area (Å²) in [5, 5.41) is 0. The Bertz CT molecular complexity index is 544. The van der Waals surface area contributed by atoms with Crippen molar-refractivity contribution in [3.8, 4) is 11.5 Å². The van der Waals surface area contributed by atoms with Crippen molar-refractivity contribution in [3.05, 3.63) is 23.8 Å². The fraction of sp³-hybridized carbons (Fsp3) is 0.556. The molecule has 0 saturated heterocycles. The van der Waals surface area contributed by atoms with Gasteiger partial charge in [-0.2, -0.15) is 0 Å². The van der Waals surface area contributed by atoms with Crippen molar-refractivity contribution in [2.75, 3.05) is 33.9 Å². The molecule has 0 spiro atoms. The maximum Gasteiger partial charge on any atom is 0.307 e.